The molecule has 2 aliphatic rings. The minimum Gasteiger partial charge on any atom is -0.493 e. The Hall–Kier alpha value is -3.62. The lowest BCUT2D eigenvalue weighted by Crippen LogP contribution is -2.29. The molecule has 0 saturated heterocycles. The van der Waals surface area contributed by atoms with Crippen LogP contribution in [0.4, 0.5) is 10.1 Å². The standard InChI is InChI=1S/C24H26FN3O5/c1-31-19-11-14-10-18-23(17(14)13-20(19)32-2)28(21(29)8-5-9-22(30)33-3)27-24(18)26-16-7-4-6-15(25)12-16/h4,6-7,11-13,18,23H,5,8-10H2,1-3H3,(H,26,27). The summed E-state index contributed by atoms with van der Waals surface area (Å²) >= 11 is 0. The van der Waals surface area contributed by atoms with E-state index in [2.05, 4.69) is 15.2 Å². The smallest absolute Gasteiger partial charge is 0.305 e. The Morgan fingerprint density at radius 2 is 1.88 bits per heavy atom. The number of fused-ring (bicyclic) bond motifs is 3. The van der Waals surface area contributed by atoms with Gasteiger partial charge in [-0.2, -0.15) is 5.10 Å². The number of hydrazone groups is 1. The van der Waals surface area contributed by atoms with Gasteiger partial charge in [-0.25, -0.2) is 9.40 Å². The van der Waals surface area contributed by atoms with Gasteiger partial charge in [-0.05, 0) is 54.3 Å². The fraction of sp³-hybridized carbons (Fsp3) is 0.375. The van der Waals surface area contributed by atoms with Crippen molar-refractivity contribution >= 4 is 23.4 Å². The Morgan fingerprint density at radius 3 is 2.58 bits per heavy atom. The molecule has 0 saturated carbocycles. The summed E-state index contributed by atoms with van der Waals surface area (Å²) in [7, 11) is 4.46. The number of anilines is 1. The highest BCUT2D eigenvalue weighted by Gasteiger charge is 2.47. The highest BCUT2D eigenvalue weighted by Crippen LogP contribution is 2.48. The van der Waals surface area contributed by atoms with Crippen LogP contribution in [0.3, 0.4) is 0 Å². The molecule has 174 valence electrons. The number of carbonyl (C=O) groups excluding carboxylic acids is 2. The van der Waals surface area contributed by atoms with Crippen molar-refractivity contribution in [3.05, 3.63) is 53.3 Å². The monoisotopic (exact) mass is 455 g/mol. The fourth-order valence-electron chi connectivity index (χ4n) is 4.40. The molecule has 0 fully saturated rings. The lowest BCUT2D eigenvalue weighted by atomic mass is 9.99. The molecular formula is C24H26FN3O5. The third-order valence-corrected chi connectivity index (χ3v) is 5.97. The zero-order valence-corrected chi connectivity index (χ0v) is 18.8. The molecule has 1 aliphatic heterocycles. The van der Waals surface area contributed by atoms with Crippen molar-refractivity contribution in [3.63, 3.8) is 0 Å². The molecule has 4 rings (SSSR count). The molecule has 33 heavy (non-hydrogen) atoms. The van der Waals surface area contributed by atoms with Crippen LogP contribution in [0, 0.1) is 11.7 Å². The molecule has 0 spiro atoms. The van der Waals surface area contributed by atoms with Gasteiger partial charge in [0.15, 0.2) is 11.5 Å². The Labute approximate surface area is 191 Å². The molecule has 1 N–H and O–H groups in total. The minimum atomic E-state index is -0.366. The summed E-state index contributed by atoms with van der Waals surface area (Å²) in [4.78, 5) is 24.6. The van der Waals surface area contributed by atoms with E-state index in [0.717, 1.165) is 11.1 Å². The number of halogens is 1. The predicted octanol–water partition coefficient (Wildman–Crippen LogP) is 3.67. The van der Waals surface area contributed by atoms with Gasteiger partial charge in [-0.15, -0.1) is 0 Å². The van der Waals surface area contributed by atoms with E-state index in [9.17, 15) is 14.0 Å². The van der Waals surface area contributed by atoms with Crippen molar-refractivity contribution in [2.75, 3.05) is 26.6 Å². The molecule has 9 heteroatoms. The van der Waals surface area contributed by atoms with Crippen molar-refractivity contribution in [3.8, 4) is 11.5 Å². The normalized spacial score (nSPS) is 18.3. The minimum absolute atomic E-state index is 0.135. The second-order valence-electron chi connectivity index (χ2n) is 7.95. The molecule has 8 nitrogen and oxygen atoms in total. The van der Waals surface area contributed by atoms with Gasteiger partial charge in [0.25, 0.3) is 0 Å². The number of carbonyl (C=O) groups is 2. The number of methoxy groups -OCH3 is 3. The van der Waals surface area contributed by atoms with E-state index in [1.807, 2.05) is 12.1 Å². The summed E-state index contributed by atoms with van der Waals surface area (Å²) in [6.07, 6.45) is 1.30. The molecule has 1 amide bonds. The van der Waals surface area contributed by atoms with E-state index in [1.165, 1.54) is 24.3 Å². The number of benzene rings is 2. The first-order valence-electron chi connectivity index (χ1n) is 10.7. The average molecular weight is 455 g/mol. The van der Waals surface area contributed by atoms with E-state index in [4.69, 9.17) is 9.47 Å². The Morgan fingerprint density at radius 1 is 1.12 bits per heavy atom. The number of nitrogens with one attached hydrogen (secondary N) is 1. The molecule has 2 aromatic carbocycles. The molecule has 2 unspecified atom stereocenters. The van der Waals surface area contributed by atoms with Crippen molar-refractivity contribution in [2.45, 2.75) is 31.7 Å². The number of nitrogens with zero attached hydrogens (tertiary/aromatic N) is 2. The van der Waals surface area contributed by atoms with Gasteiger partial charge in [-0.1, -0.05) is 6.07 Å². The summed E-state index contributed by atoms with van der Waals surface area (Å²) < 4.78 is 29.3. The van der Waals surface area contributed by atoms with Gasteiger partial charge in [0, 0.05) is 24.4 Å². The summed E-state index contributed by atoms with van der Waals surface area (Å²) in [6, 6.07) is 9.58. The number of hydrogen-bond acceptors (Lipinski definition) is 7. The SMILES string of the molecule is COC(=O)CCCC(=O)N1N=C(Nc2cccc(F)c2)C2Cc3cc(OC)c(OC)cc3C21. The van der Waals surface area contributed by atoms with Crippen LogP contribution in [0.2, 0.25) is 0 Å². The van der Waals surface area contributed by atoms with Crippen LogP contribution in [-0.2, 0) is 20.7 Å². The van der Waals surface area contributed by atoms with Crippen molar-refractivity contribution in [1.82, 2.24) is 5.01 Å². The third-order valence-electron chi connectivity index (χ3n) is 5.97. The zero-order valence-electron chi connectivity index (χ0n) is 18.8. The summed E-state index contributed by atoms with van der Waals surface area (Å²) in [6.45, 7) is 0. The fourth-order valence-corrected chi connectivity index (χ4v) is 4.40. The highest BCUT2D eigenvalue weighted by molar-refractivity contribution is 6.01. The van der Waals surface area contributed by atoms with E-state index in [1.54, 1.807) is 26.4 Å². The maximum absolute atomic E-state index is 13.7. The summed E-state index contributed by atoms with van der Waals surface area (Å²) in [5.74, 6) is 0.709. The van der Waals surface area contributed by atoms with E-state index < -0.39 is 0 Å². The number of ether oxygens (including phenoxy) is 3. The lowest BCUT2D eigenvalue weighted by molar-refractivity contribution is -0.141. The molecule has 0 bridgehead atoms. The summed E-state index contributed by atoms with van der Waals surface area (Å²) in [5.41, 5.74) is 2.51. The van der Waals surface area contributed by atoms with Crippen LogP contribution in [0.25, 0.3) is 0 Å². The molecule has 0 aromatic heterocycles. The number of rotatable bonds is 7. The quantitative estimate of drug-likeness (QED) is 0.641. The molecule has 1 heterocycles. The molecule has 2 aromatic rings. The van der Waals surface area contributed by atoms with Crippen LogP contribution < -0.4 is 14.8 Å². The number of amides is 1. The van der Waals surface area contributed by atoms with Gasteiger partial charge < -0.3 is 19.5 Å². The largest absolute Gasteiger partial charge is 0.493 e. The molecule has 2 atom stereocenters. The average Bonchev–Trinajstić information content (AvgIpc) is 3.35. The van der Waals surface area contributed by atoms with Crippen molar-refractivity contribution < 1.29 is 28.2 Å². The second-order valence-corrected chi connectivity index (χ2v) is 7.95. The van der Waals surface area contributed by atoms with Gasteiger partial charge in [0.2, 0.25) is 5.91 Å². The first-order valence-corrected chi connectivity index (χ1v) is 10.7. The number of esters is 1. The van der Waals surface area contributed by atoms with Gasteiger partial charge >= 0.3 is 5.97 Å². The zero-order chi connectivity index (χ0) is 23.5. The molecule has 0 radical (unpaired) electrons. The van der Waals surface area contributed by atoms with E-state index in [0.29, 0.717) is 35.9 Å². The van der Waals surface area contributed by atoms with Crippen molar-refractivity contribution in [2.24, 2.45) is 11.0 Å². The second kappa shape index (κ2) is 9.48. The van der Waals surface area contributed by atoms with Crippen LogP contribution in [-0.4, -0.2) is 44.1 Å². The maximum atomic E-state index is 13.7. The third kappa shape index (κ3) is 4.48. The van der Waals surface area contributed by atoms with Crippen LogP contribution >= 0.6 is 0 Å². The van der Waals surface area contributed by atoms with Gasteiger partial charge in [-0.3, -0.25) is 9.59 Å². The van der Waals surface area contributed by atoms with Crippen LogP contribution in [0.5, 0.6) is 11.5 Å². The maximum Gasteiger partial charge on any atom is 0.305 e. The molecule has 1 aliphatic carbocycles. The van der Waals surface area contributed by atoms with Crippen molar-refractivity contribution in [1.29, 1.82) is 0 Å². The topological polar surface area (TPSA) is 89.5 Å². The Balaban J connectivity index is 1.64. The van der Waals surface area contributed by atoms with Crippen LogP contribution in [0.15, 0.2) is 41.5 Å². The lowest BCUT2D eigenvalue weighted by Gasteiger charge is -2.22. The first kappa shape index (κ1) is 22.6. The number of amidine groups is 1. The highest BCUT2D eigenvalue weighted by atomic mass is 19.1. The van der Waals surface area contributed by atoms with E-state index >= 15 is 0 Å². The van der Waals surface area contributed by atoms with Gasteiger partial charge in [0.05, 0.1) is 27.4 Å². The van der Waals surface area contributed by atoms with Crippen LogP contribution in [0.1, 0.15) is 36.4 Å². The van der Waals surface area contributed by atoms with E-state index in [-0.39, 0.29) is 42.5 Å². The predicted molar refractivity (Wildman–Crippen MR) is 120 cm³/mol. The number of hydrogen-bond donors (Lipinski definition) is 1. The Bertz CT molecular complexity index is 1100. The first-order chi connectivity index (χ1) is 15.9. The summed E-state index contributed by atoms with van der Waals surface area (Å²) in [5, 5.41) is 9.26. The van der Waals surface area contributed by atoms with Gasteiger partial charge in [0.1, 0.15) is 11.7 Å². The Kier molecular flexibility index (Phi) is 6.48. The molecular weight excluding hydrogens is 429 g/mol.